The first-order chi connectivity index (χ1) is 14.8. The van der Waals surface area contributed by atoms with Gasteiger partial charge in [-0.15, -0.1) is 0 Å². The number of nitrogens with one attached hydrogen (secondary N) is 1. The highest BCUT2D eigenvalue weighted by atomic mass is 16.5. The van der Waals surface area contributed by atoms with Crippen LogP contribution in [-0.2, 0) is 24.5 Å². The number of carbonyl (C=O) groups is 1. The average molecular weight is 398 g/mol. The SMILES string of the molecule is O=C(NCc1cccc(COCc2ccccc2)c1)c1ccc(-n2cccn2)nc1. The topological polar surface area (TPSA) is 69.0 Å². The predicted molar refractivity (Wildman–Crippen MR) is 114 cm³/mol. The number of amides is 1. The van der Waals surface area contributed by atoms with Gasteiger partial charge in [-0.3, -0.25) is 4.79 Å². The van der Waals surface area contributed by atoms with Crippen molar-refractivity contribution in [3.8, 4) is 5.82 Å². The highest BCUT2D eigenvalue weighted by molar-refractivity contribution is 5.93. The van der Waals surface area contributed by atoms with Gasteiger partial charge in [0.25, 0.3) is 5.91 Å². The van der Waals surface area contributed by atoms with Gasteiger partial charge in [-0.05, 0) is 34.9 Å². The summed E-state index contributed by atoms with van der Waals surface area (Å²) in [7, 11) is 0. The van der Waals surface area contributed by atoms with E-state index < -0.39 is 0 Å². The fourth-order valence-corrected chi connectivity index (χ4v) is 3.04. The lowest BCUT2D eigenvalue weighted by Gasteiger charge is -2.09. The Morgan fingerprint density at radius 3 is 2.47 bits per heavy atom. The van der Waals surface area contributed by atoms with E-state index in [1.807, 2.05) is 60.7 Å². The molecule has 30 heavy (non-hydrogen) atoms. The van der Waals surface area contributed by atoms with Crippen molar-refractivity contribution in [2.75, 3.05) is 0 Å². The van der Waals surface area contributed by atoms with Gasteiger partial charge in [0.15, 0.2) is 5.82 Å². The first kappa shape index (κ1) is 19.5. The van der Waals surface area contributed by atoms with Gasteiger partial charge >= 0.3 is 0 Å². The molecule has 150 valence electrons. The lowest BCUT2D eigenvalue weighted by atomic mass is 10.1. The second-order valence-corrected chi connectivity index (χ2v) is 6.84. The molecule has 2 aromatic heterocycles. The van der Waals surface area contributed by atoms with E-state index in [0.717, 1.165) is 16.7 Å². The number of nitrogens with zero attached hydrogens (tertiary/aromatic N) is 3. The normalized spacial score (nSPS) is 10.7. The third-order valence-electron chi connectivity index (χ3n) is 4.57. The number of hydrogen-bond donors (Lipinski definition) is 1. The van der Waals surface area contributed by atoms with Gasteiger partial charge in [-0.1, -0.05) is 54.6 Å². The summed E-state index contributed by atoms with van der Waals surface area (Å²) >= 11 is 0. The first-order valence-electron chi connectivity index (χ1n) is 9.72. The van der Waals surface area contributed by atoms with Crippen molar-refractivity contribution in [1.82, 2.24) is 20.1 Å². The Morgan fingerprint density at radius 1 is 0.900 bits per heavy atom. The van der Waals surface area contributed by atoms with Gasteiger partial charge in [-0.25, -0.2) is 9.67 Å². The van der Waals surface area contributed by atoms with Crippen LogP contribution >= 0.6 is 0 Å². The summed E-state index contributed by atoms with van der Waals surface area (Å²) in [6.45, 7) is 1.53. The zero-order valence-electron chi connectivity index (χ0n) is 16.4. The van der Waals surface area contributed by atoms with Gasteiger partial charge in [-0.2, -0.15) is 5.10 Å². The van der Waals surface area contributed by atoms with Gasteiger partial charge in [0.2, 0.25) is 0 Å². The Labute approximate surface area is 175 Å². The van der Waals surface area contributed by atoms with Crippen molar-refractivity contribution >= 4 is 5.91 Å². The zero-order valence-corrected chi connectivity index (χ0v) is 16.4. The van der Waals surface area contributed by atoms with Crippen molar-refractivity contribution in [3.05, 3.63) is 114 Å². The average Bonchev–Trinajstić information content (AvgIpc) is 3.34. The second kappa shape index (κ2) is 9.62. The summed E-state index contributed by atoms with van der Waals surface area (Å²) in [6, 6.07) is 23.4. The molecule has 2 aromatic carbocycles. The van der Waals surface area contributed by atoms with Crippen LogP contribution in [0.1, 0.15) is 27.0 Å². The summed E-state index contributed by atoms with van der Waals surface area (Å²) in [5, 5.41) is 7.06. The molecule has 0 aliphatic heterocycles. The molecule has 0 atom stereocenters. The van der Waals surface area contributed by atoms with Crippen LogP contribution in [0.25, 0.3) is 5.82 Å². The minimum atomic E-state index is -0.166. The van der Waals surface area contributed by atoms with E-state index in [1.54, 1.807) is 35.4 Å². The van der Waals surface area contributed by atoms with Crippen LogP contribution in [0.5, 0.6) is 0 Å². The van der Waals surface area contributed by atoms with Gasteiger partial charge in [0, 0.05) is 25.1 Å². The molecule has 4 rings (SSSR count). The molecule has 0 aliphatic carbocycles. The highest BCUT2D eigenvalue weighted by Gasteiger charge is 2.07. The van der Waals surface area contributed by atoms with Crippen LogP contribution in [0.3, 0.4) is 0 Å². The molecule has 1 N–H and O–H groups in total. The first-order valence-corrected chi connectivity index (χ1v) is 9.72. The van der Waals surface area contributed by atoms with Crippen molar-refractivity contribution < 1.29 is 9.53 Å². The van der Waals surface area contributed by atoms with Crippen LogP contribution in [0.15, 0.2) is 91.4 Å². The van der Waals surface area contributed by atoms with Crippen molar-refractivity contribution in [3.63, 3.8) is 0 Å². The van der Waals surface area contributed by atoms with Gasteiger partial charge < -0.3 is 10.1 Å². The largest absolute Gasteiger partial charge is 0.372 e. The maximum atomic E-state index is 12.4. The summed E-state index contributed by atoms with van der Waals surface area (Å²) in [5.41, 5.74) is 3.74. The number of ether oxygens (including phenoxy) is 1. The van der Waals surface area contributed by atoms with Crippen molar-refractivity contribution in [1.29, 1.82) is 0 Å². The van der Waals surface area contributed by atoms with E-state index in [4.69, 9.17) is 4.74 Å². The maximum Gasteiger partial charge on any atom is 0.253 e. The maximum absolute atomic E-state index is 12.4. The monoisotopic (exact) mass is 398 g/mol. The Balaban J connectivity index is 1.29. The quantitative estimate of drug-likeness (QED) is 0.489. The molecule has 6 heteroatoms. The Hall–Kier alpha value is -3.77. The van der Waals surface area contributed by atoms with E-state index in [0.29, 0.717) is 31.1 Å². The van der Waals surface area contributed by atoms with E-state index in [-0.39, 0.29) is 5.91 Å². The minimum Gasteiger partial charge on any atom is -0.372 e. The number of aromatic nitrogens is 3. The Kier molecular flexibility index (Phi) is 6.27. The summed E-state index contributed by atoms with van der Waals surface area (Å²) in [6.07, 6.45) is 5.04. The third kappa shape index (κ3) is 5.18. The molecule has 0 spiro atoms. The number of carbonyl (C=O) groups excluding carboxylic acids is 1. The molecule has 1 amide bonds. The number of benzene rings is 2. The lowest BCUT2D eigenvalue weighted by molar-refractivity contribution is 0.0950. The number of rotatable bonds is 8. The van der Waals surface area contributed by atoms with E-state index in [1.165, 1.54) is 0 Å². The minimum absolute atomic E-state index is 0.166. The third-order valence-corrected chi connectivity index (χ3v) is 4.57. The van der Waals surface area contributed by atoms with E-state index in [9.17, 15) is 4.79 Å². The molecular formula is C24H22N4O2. The van der Waals surface area contributed by atoms with Crippen LogP contribution in [-0.4, -0.2) is 20.7 Å². The number of pyridine rings is 1. The summed E-state index contributed by atoms with van der Waals surface area (Å²) in [4.78, 5) is 16.7. The molecule has 6 nitrogen and oxygen atoms in total. The molecule has 0 saturated heterocycles. The fourth-order valence-electron chi connectivity index (χ4n) is 3.04. The highest BCUT2D eigenvalue weighted by Crippen LogP contribution is 2.10. The Morgan fingerprint density at radius 2 is 1.70 bits per heavy atom. The molecule has 0 unspecified atom stereocenters. The van der Waals surface area contributed by atoms with E-state index >= 15 is 0 Å². The molecular weight excluding hydrogens is 376 g/mol. The Bertz CT molecular complexity index is 1080. The zero-order chi connectivity index (χ0) is 20.6. The summed E-state index contributed by atoms with van der Waals surface area (Å²) in [5.74, 6) is 0.500. The van der Waals surface area contributed by atoms with Crippen molar-refractivity contribution in [2.45, 2.75) is 19.8 Å². The molecule has 0 radical (unpaired) electrons. The van der Waals surface area contributed by atoms with Crippen LogP contribution < -0.4 is 5.32 Å². The standard InChI is InChI=1S/C24H22N4O2/c29-24(22-10-11-23(25-16-22)28-13-5-12-27-28)26-15-20-8-4-9-21(14-20)18-30-17-19-6-2-1-3-7-19/h1-14,16H,15,17-18H2,(H,26,29). The fraction of sp³-hybridized carbons (Fsp3) is 0.125. The lowest BCUT2D eigenvalue weighted by Crippen LogP contribution is -2.23. The van der Waals surface area contributed by atoms with Crippen molar-refractivity contribution in [2.24, 2.45) is 0 Å². The molecule has 4 aromatic rings. The smallest absolute Gasteiger partial charge is 0.253 e. The second-order valence-electron chi connectivity index (χ2n) is 6.84. The summed E-state index contributed by atoms with van der Waals surface area (Å²) < 4.78 is 7.44. The molecule has 2 heterocycles. The molecule has 0 aliphatic rings. The van der Waals surface area contributed by atoms with Crippen LogP contribution in [0.4, 0.5) is 0 Å². The van der Waals surface area contributed by atoms with Crippen LogP contribution in [0, 0.1) is 0 Å². The van der Waals surface area contributed by atoms with Gasteiger partial charge in [0.05, 0.1) is 18.8 Å². The molecule has 0 bridgehead atoms. The molecule has 0 saturated carbocycles. The van der Waals surface area contributed by atoms with Gasteiger partial charge in [0.1, 0.15) is 0 Å². The number of hydrogen-bond acceptors (Lipinski definition) is 4. The van der Waals surface area contributed by atoms with Crippen LogP contribution in [0.2, 0.25) is 0 Å². The predicted octanol–water partition coefficient (Wildman–Crippen LogP) is 3.91. The molecule has 0 fully saturated rings. The van der Waals surface area contributed by atoms with E-state index in [2.05, 4.69) is 15.4 Å².